The van der Waals surface area contributed by atoms with Gasteiger partial charge < -0.3 is 10.1 Å². The van der Waals surface area contributed by atoms with E-state index >= 15 is 0 Å². The fourth-order valence-electron chi connectivity index (χ4n) is 2.36. The fourth-order valence-corrected chi connectivity index (χ4v) is 2.36. The third kappa shape index (κ3) is 2.65. The van der Waals surface area contributed by atoms with Crippen LogP contribution in [0.2, 0.25) is 0 Å². The van der Waals surface area contributed by atoms with Crippen LogP contribution in [-0.2, 0) is 4.79 Å². The molecule has 0 saturated carbocycles. The molecule has 0 unspecified atom stereocenters. The van der Waals surface area contributed by atoms with Gasteiger partial charge in [-0.25, -0.2) is 5.48 Å². The summed E-state index contributed by atoms with van der Waals surface area (Å²) >= 11 is 0. The number of hydrogen-bond acceptors (Lipinski definition) is 3. The van der Waals surface area contributed by atoms with E-state index in [0.29, 0.717) is 19.5 Å². The maximum absolute atomic E-state index is 11.9. The van der Waals surface area contributed by atoms with Crippen molar-refractivity contribution in [3.05, 3.63) is 35.9 Å². The summed E-state index contributed by atoms with van der Waals surface area (Å²) in [6, 6.07) is 10.1. The van der Waals surface area contributed by atoms with Gasteiger partial charge in [-0.2, -0.15) is 0 Å². The summed E-state index contributed by atoms with van der Waals surface area (Å²) in [4.78, 5) is 13.8. The fraction of sp³-hybridized carbons (Fsp3) is 0.462. The molecule has 0 radical (unpaired) electrons. The van der Waals surface area contributed by atoms with E-state index in [1.165, 1.54) is 0 Å². The van der Waals surface area contributed by atoms with Gasteiger partial charge in [0.15, 0.2) is 0 Å². The predicted molar refractivity (Wildman–Crippen MR) is 64.5 cm³/mol. The van der Waals surface area contributed by atoms with Crippen molar-refractivity contribution in [2.75, 3.05) is 13.1 Å². The summed E-state index contributed by atoms with van der Waals surface area (Å²) < 4.78 is 0. The molecule has 1 aromatic carbocycles. The summed E-state index contributed by atoms with van der Waals surface area (Å²) in [6.45, 7) is 3.23. The van der Waals surface area contributed by atoms with E-state index in [9.17, 15) is 4.79 Å². The van der Waals surface area contributed by atoms with Crippen molar-refractivity contribution in [2.24, 2.45) is 5.92 Å². The molecule has 4 nitrogen and oxygen atoms in total. The Hall–Kier alpha value is -1.39. The summed E-state index contributed by atoms with van der Waals surface area (Å²) in [7, 11) is 0. The van der Waals surface area contributed by atoms with Crippen LogP contribution in [0.3, 0.4) is 0 Å². The highest BCUT2D eigenvalue weighted by molar-refractivity contribution is 5.79. The van der Waals surface area contributed by atoms with Crippen LogP contribution in [0.25, 0.3) is 0 Å². The van der Waals surface area contributed by atoms with E-state index in [1.807, 2.05) is 42.2 Å². The number of rotatable bonds is 4. The lowest BCUT2D eigenvalue weighted by molar-refractivity contribution is -0.129. The van der Waals surface area contributed by atoms with Crippen LogP contribution in [-0.4, -0.2) is 29.1 Å². The topological polar surface area (TPSA) is 52.6 Å². The summed E-state index contributed by atoms with van der Waals surface area (Å²) in [5.74, 6) is 0.375. The minimum Gasteiger partial charge on any atom is -0.336 e. The lowest BCUT2D eigenvalue weighted by Crippen LogP contribution is -2.29. The first-order valence-corrected chi connectivity index (χ1v) is 5.93. The van der Waals surface area contributed by atoms with Gasteiger partial charge in [-0.3, -0.25) is 4.79 Å². The first-order valence-electron chi connectivity index (χ1n) is 5.93. The second-order valence-electron chi connectivity index (χ2n) is 4.57. The van der Waals surface area contributed by atoms with Crippen LogP contribution in [0.4, 0.5) is 0 Å². The number of amides is 1. The number of nitrogens with zero attached hydrogens (tertiary/aromatic N) is 1. The van der Waals surface area contributed by atoms with Gasteiger partial charge >= 0.3 is 0 Å². The van der Waals surface area contributed by atoms with E-state index in [0.717, 1.165) is 5.56 Å². The van der Waals surface area contributed by atoms with Crippen molar-refractivity contribution in [1.29, 1.82) is 0 Å². The number of hydrogen-bond donors (Lipinski definition) is 2. The molecule has 2 rings (SSSR count). The number of carbonyl (C=O) groups is 1. The van der Waals surface area contributed by atoms with E-state index in [2.05, 4.69) is 5.48 Å². The molecular formula is C13H18N2O2. The van der Waals surface area contributed by atoms with E-state index in [1.54, 1.807) is 0 Å². The van der Waals surface area contributed by atoms with Gasteiger partial charge in [0.1, 0.15) is 0 Å². The molecule has 0 spiro atoms. The summed E-state index contributed by atoms with van der Waals surface area (Å²) in [6.07, 6.45) is 0.519. The van der Waals surface area contributed by atoms with Gasteiger partial charge in [-0.15, -0.1) is 0 Å². The third-order valence-electron chi connectivity index (χ3n) is 3.37. The average molecular weight is 234 g/mol. The second kappa shape index (κ2) is 5.29. The lowest BCUT2D eigenvalue weighted by Gasteiger charge is -2.25. The molecule has 4 heteroatoms. The Bertz CT molecular complexity index is 380. The predicted octanol–water partition coefficient (Wildman–Crippen LogP) is 1.57. The highest BCUT2D eigenvalue weighted by Crippen LogP contribution is 2.27. The van der Waals surface area contributed by atoms with Crippen molar-refractivity contribution < 1.29 is 10.0 Å². The normalized spacial score (nSPS) is 21.9. The molecule has 2 N–H and O–H groups in total. The van der Waals surface area contributed by atoms with Gasteiger partial charge in [0.25, 0.3) is 0 Å². The number of hydroxylamine groups is 1. The van der Waals surface area contributed by atoms with Gasteiger partial charge in [0.2, 0.25) is 5.91 Å². The Morgan fingerprint density at radius 1 is 1.47 bits per heavy atom. The third-order valence-corrected chi connectivity index (χ3v) is 3.37. The van der Waals surface area contributed by atoms with Crippen molar-refractivity contribution in [3.63, 3.8) is 0 Å². The molecule has 92 valence electrons. The Kier molecular flexibility index (Phi) is 3.76. The van der Waals surface area contributed by atoms with Crippen LogP contribution in [0.1, 0.15) is 24.9 Å². The number of likely N-dealkylation sites (tertiary alicyclic amines) is 1. The SMILES string of the molecule is C[C@H](c1ccccc1)N1C[C@H](CNO)CC1=O. The summed E-state index contributed by atoms with van der Waals surface area (Å²) in [5, 5.41) is 8.68. The molecule has 0 aromatic heterocycles. The average Bonchev–Trinajstić information content (AvgIpc) is 2.71. The number of nitrogens with one attached hydrogen (secondary N) is 1. The highest BCUT2D eigenvalue weighted by Gasteiger charge is 2.32. The zero-order valence-electron chi connectivity index (χ0n) is 9.97. The van der Waals surface area contributed by atoms with Crippen molar-refractivity contribution >= 4 is 5.91 Å². The van der Waals surface area contributed by atoms with E-state index in [-0.39, 0.29) is 17.9 Å². The zero-order valence-corrected chi connectivity index (χ0v) is 9.97. The number of benzene rings is 1. The van der Waals surface area contributed by atoms with Crippen molar-refractivity contribution in [1.82, 2.24) is 10.4 Å². The smallest absolute Gasteiger partial charge is 0.223 e. The Labute approximate surface area is 101 Å². The zero-order chi connectivity index (χ0) is 12.3. The molecule has 17 heavy (non-hydrogen) atoms. The molecule has 0 aliphatic carbocycles. The maximum Gasteiger partial charge on any atom is 0.223 e. The molecular weight excluding hydrogens is 216 g/mol. The molecule has 1 aliphatic rings. The first kappa shape index (κ1) is 12.1. The van der Waals surface area contributed by atoms with E-state index in [4.69, 9.17) is 5.21 Å². The molecule has 2 atom stereocenters. The second-order valence-corrected chi connectivity index (χ2v) is 4.57. The molecule has 1 amide bonds. The Morgan fingerprint density at radius 2 is 2.18 bits per heavy atom. The van der Waals surface area contributed by atoms with Crippen molar-refractivity contribution in [2.45, 2.75) is 19.4 Å². The molecule has 1 saturated heterocycles. The van der Waals surface area contributed by atoms with Crippen LogP contribution in [0.5, 0.6) is 0 Å². The molecule has 0 bridgehead atoms. The van der Waals surface area contributed by atoms with Crippen LogP contribution < -0.4 is 5.48 Å². The highest BCUT2D eigenvalue weighted by atomic mass is 16.5. The molecule has 1 fully saturated rings. The largest absolute Gasteiger partial charge is 0.336 e. The molecule has 1 heterocycles. The first-order chi connectivity index (χ1) is 8.22. The standard InChI is InChI=1S/C13H18N2O2/c1-10(12-5-3-2-4-6-12)15-9-11(8-14-17)7-13(15)16/h2-6,10-11,14,17H,7-9H2,1H3/t10-,11+/m1/s1. The molecule has 1 aliphatic heterocycles. The summed E-state index contributed by atoms with van der Waals surface area (Å²) in [5.41, 5.74) is 3.30. The minimum absolute atomic E-state index is 0.104. The van der Waals surface area contributed by atoms with Crippen LogP contribution in [0, 0.1) is 5.92 Å². The quantitative estimate of drug-likeness (QED) is 0.778. The van der Waals surface area contributed by atoms with Gasteiger partial charge in [0.05, 0.1) is 6.04 Å². The van der Waals surface area contributed by atoms with Crippen LogP contribution in [0.15, 0.2) is 30.3 Å². The van der Waals surface area contributed by atoms with Crippen molar-refractivity contribution in [3.8, 4) is 0 Å². The van der Waals surface area contributed by atoms with E-state index < -0.39 is 0 Å². The monoisotopic (exact) mass is 234 g/mol. The maximum atomic E-state index is 11.9. The Balaban J connectivity index is 2.06. The number of carbonyl (C=O) groups excluding carboxylic acids is 1. The molecule has 1 aromatic rings. The minimum atomic E-state index is 0.104. The van der Waals surface area contributed by atoms with Gasteiger partial charge in [0, 0.05) is 19.5 Å². The van der Waals surface area contributed by atoms with Gasteiger partial charge in [-0.05, 0) is 18.4 Å². The Morgan fingerprint density at radius 3 is 2.82 bits per heavy atom. The van der Waals surface area contributed by atoms with Crippen LogP contribution >= 0.6 is 0 Å². The lowest BCUT2D eigenvalue weighted by atomic mass is 10.1. The van der Waals surface area contributed by atoms with Gasteiger partial charge in [-0.1, -0.05) is 30.3 Å².